The highest BCUT2D eigenvalue weighted by Crippen LogP contribution is 2.22. The lowest BCUT2D eigenvalue weighted by atomic mass is 10.2. The molecule has 0 bridgehead atoms. The van der Waals surface area contributed by atoms with Gasteiger partial charge in [0.2, 0.25) is 0 Å². The average Bonchev–Trinajstić information content (AvgIpc) is 4.40. The molecule has 0 unspecified atom stereocenters. The lowest BCUT2D eigenvalue weighted by Gasteiger charge is -2.11. The first-order valence-electron chi connectivity index (χ1n) is 28.5. The molecule has 0 radical (unpaired) electrons. The Kier molecular flexibility index (Phi) is 29.1. The number of rotatable bonds is 0. The molecule has 4 aromatic heterocycles. The first-order chi connectivity index (χ1) is 40.3. The van der Waals surface area contributed by atoms with Crippen molar-refractivity contribution >= 4 is 61.2 Å². The summed E-state index contributed by atoms with van der Waals surface area (Å²) in [6, 6.07) is 57.0. The summed E-state index contributed by atoms with van der Waals surface area (Å²) >= 11 is 0. The molecule has 0 aliphatic carbocycles. The SMILES string of the molecule is C1=Nc2ccccc2C1.C1CCNCC1.C1CNCCN1.C1COCCN1.C1COCCO1.c1ccc2[nH]ccc2c1.c1ccc2c(c1)CCN2.c1ccc2cnccc2c1.c1ccc2ncccc2c1.c1ccc2nccnc2c1. The van der Waals surface area contributed by atoms with Gasteiger partial charge in [-0.25, -0.2) is 0 Å². The summed E-state index contributed by atoms with van der Waals surface area (Å²) in [6.45, 7) is 15.1. The van der Waals surface area contributed by atoms with Crippen LogP contribution in [-0.4, -0.2) is 130 Å². The van der Waals surface area contributed by atoms with Crippen molar-refractivity contribution in [2.75, 3.05) is 104 Å². The van der Waals surface area contributed by atoms with E-state index in [1.54, 1.807) is 12.4 Å². The minimum atomic E-state index is 0.778. The number of hydrogen-bond acceptors (Lipinski definition) is 13. The Morgan fingerprint density at radius 2 is 0.914 bits per heavy atom. The second-order valence-electron chi connectivity index (χ2n) is 18.9. The number of aromatic amines is 1. The van der Waals surface area contributed by atoms with Crippen LogP contribution >= 0.6 is 0 Å². The van der Waals surface area contributed by atoms with Crippen LogP contribution in [0.25, 0.3) is 43.6 Å². The van der Waals surface area contributed by atoms with E-state index in [0.717, 1.165) is 114 Å². The fourth-order valence-corrected chi connectivity index (χ4v) is 8.60. The molecule has 4 fully saturated rings. The number of H-pyrrole nitrogens is 1. The van der Waals surface area contributed by atoms with E-state index in [2.05, 4.69) is 129 Å². The Morgan fingerprint density at radius 3 is 1.48 bits per heavy atom. The molecule has 6 aliphatic heterocycles. The minimum absolute atomic E-state index is 0.778. The predicted molar refractivity (Wildman–Crippen MR) is 336 cm³/mol. The van der Waals surface area contributed by atoms with Gasteiger partial charge in [-0.3, -0.25) is 24.9 Å². The van der Waals surface area contributed by atoms with E-state index in [1.807, 2.05) is 128 Å². The Morgan fingerprint density at radius 1 is 0.370 bits per heavy atom. The summed E-state index contributed by atoms with van der Waals surface area (Å²) in [6.07, 6.45) is 19.2. The number of ether oxygens (including phenoxy) is 3. The summed E-state index contributed by atoms with van der Waals surface area (Å²) in [5, 5.41) is 21.1. The van der Waals surface area contributed by atoms with Gasteiger partial charge >= 0.3 is 0 Å². The van der Waals surface area contributed by atoms with Gasteiger partial charge in [-0.05, 0) is 114 Å². The molecule has 0 amide bonds. The van der Waals surface area contributed by atoms with E-state index in [0.29, 0.717) is 0 Å². The maximum Gasteiger partial charge on any atom is 0.0886 e. The molecule has 14 nitrogen and oxygen atoms in total. The van der Waals surface area contributed by atoms with E-state index < -0.39 is 0 Å². The quantitative estimate of drug-likeness (QED) is 0.0852. The number of benzene rings is 6. The number of hydrogen-bond donors (Lipinski definition) is 6. The summed E-state index contributed by atoms with van der Waals surface area (Å²) < 4.78 is 14.9. The number of anilines is 1. The van der Waals surface area contributed by atoms with Crippen LogP contribution in [-0.2, 0) is 27.1 Å². The van der Waals surface area contributed by atoms with Gasteiger partial charge in [0.05, 0.1) is 61.9 Å². The molecular formula is C67H81N11O3. The second kappa shape index (κ2) is 38.7. The van der Waals surface area contributed by atoms with Crippen LogP contribution in [0.2, 0.25) is 0 Å². The molecule has 16 rings (SSSR count). The number of piperidine rings is 1. The number of para-hydroxylation sites is 6. The number of morpholine rings is 1. The fourth-order valence-electron chi connectivity index (χ4n) is 8.60. The zero-order valence-corrected chi connectivity index (χ0v) is 46.8. The predicted octanol–water partition coefficient (Wildman–Crippen LogP) is 11.4. The summed E-state index contributed by atoms with van der Waals surface area (Å²) in [5.41, 5.74) is 9.42. The standard InChI is InChI=1S/2C9H7N.C8H6N2.C8H9N.2C8H7N.C5H11N.C4H10N2.C4H9NO.C4H8O2/c1-2-6-9-8(4-1)5-3-7-10-9;1-2-4-9-7-10-6-5-8(9)3-1;1-2-4-8-7(3-1)9-5-6-10-8;3*1-2-4-8-7(3-1)5-6-9-8;1-2-4-6-5-3-1;1-2-6-4-3-5-1;1-3-6-4-2-5-1;1-2-6-4-3-5-1/h2*1-7H;1-6H;1-4,9H,5-6H2;1-4,6H,5H2;1-6,9H;6H,1-5H2;5-6H,1-4H2;5H,1-4H2;1-4H2. The van der Waals surface area contributed by atoms with Gasteiger partial charge in [-0.2, -0.15) is 0 Å². The van der Waals surface area contributed by atoms with Crippen LogP contribution in [0.15, 0.2) is 212 Å². The van der Waals surface area contributed by atoms with Gasteiger partial charge in [-0.15, -0.1) is 0 Å². The van der Waals surface area contributed by atoms with Crippen molar-refractivity contribution in [1.82, 2.24) is 46.2 Å². The molecule has 0 saturated carbocycles. The van der Waals surface area contributed by atoms with Crippen LogP contribution in [0.5, 0.6) is 0 Å². The molecule has 81 heavy (non-hydrogen) atoms. The van der Waals surface area contributed by atoms with Crippen molar-refractivity contribution in [2.24, 2.45) is 4.99 Å². The van der Waals surface area contributed by atoms with Crippen molar-refractivity contribution in [2.45, 2.75) is 32.1 Å². The lowest BCUT2D eigenvalue weighted by molar-refractivity contribution is -0.0334. The number of aliphatic imine (C=N–C) groups is 1. The highest BCUT2D eigenvalue weighted by molar-refractivity contribution is 5.81. The second-order valence-corrected chi connectivity index (χ2v) is 18.9. The molecule has 0 spiro atoms. The average molecular weight is 1090 g/mol. The smallest absolute Gasteiger partial charge is 0.0886 e. The number of pyridine rings is 2. The normalized spacial score (nSPS) is 15.1. The monoisotopic (exact) mass is 1090 g/mol. The maximum absolute atomic E-state index is 5.01. The number of aromatic nitrogens is 5. The van der Waals surface area contributed by atoms with Crippen LogP contribution in [0.4, 0.5) is 11.4 Å². The third-order valence-electron chi connectivity index (χ3n) is 12.9. The molecule has 6 aromatic carbocycles. The van der Waals surface area contributed by atoms with Crippen LogP contribution < -0.4 is 26.6 Å². The summed E-state index contributed by atoms with van der Waals surface area (Å²) in [7, 11) is 0. The molecule has 6 N–H and O–H groups in total. The highest BCUT2D eigenvalue weighted by atomic mass is 16.6. The van der Waals surface area contributed by atoms with E-state index >= 15 is 0 Å². The Balaban J connectivity index is 0.000000131. The Labute approximate surface area is 478 Å². The van der Waals surface area contributed by atoms with Gasteiger partial charge in [0.15, 0.2) is 0 Å². The molecular weight excluding hydrogens is 1010 g/mol. The van der Waals surface area contributed by atoms with Crippen molar-refractivity contribution in [3.63, 3.8) is 0 Å². The van der Waals surface area contributed by atoms with E-state index in [1.165, 1.54) is 82.6 Å². The minimum Gasteiger partial charge on any atom is -0.384 e. The van der Waals surface area contributed by atoms with Crippen molar-refractivity contribution in [3.8, 4) is 0 Å². The first kappa shape index (κ1) is 60.8. The van der Waals surface area contributed by atoms with Gasteiger partial charge < -0.3 is 45.8 Å². The first-order valence-corrected chi connectivity index (χ1v) is 28.5. The molecule has 10 heterocycles. The van der Waals surface area contributed by atoms with E-state index in [-0.39, 0.29) is 0 Å². The molecule has 14 heteroatoms. The largest absolute Gasteiger partial charge is 0.384 e. The van der Waals surface area contributed by atoms with E-state index in [9.17, 15) is 0 Å². The van der Waals surface area contributed by atoms with Crippen molar-refractivity contribution in [3.05, 3.63) is 218 Å². The van der Waals surface area contributed by atoms with Crippen molar-refractivity contribution in [1.29, 1.82) is 0 Å². The third-order valence-corrected chi connectivity index (χ3v) is 12.9. The number of piperazine rings is 1. The molecule has 422 valence electrons. The third kappa shape index (κ3) is 24.2. The fraction of sp³-hybridized carbons (Fsp3) is 0.299. The Hall–Kier alpha value is -7.79. The molecule has 0 atom stereocenters. The zero-order chi connectivity index (χ0) is 55.7. The molecule has 10 aromatic rings. The highest BCUT2D eigenvalue weighted by Gasteiger charge is 2.06. The van der Waals surface area contributed by atoms with Crippen molar-refractivity contribution < 1.29 is 14.2 Å². The van der Waals surface area contributed by atoms with E-state index in [4.69, 9.17) is 14.2 Å². The van der Waals surface area contributed by atoms with Gasteiger partial charge in [0.25, 0.3) is 0 Å². The number of nitrogens with one attached hydrogen (secondary N) is 6. The zero-order valence-electron chi connectivity index (χ0n) is 46.8. The topological polar surface area (TPSA) is 168 Å². The molecule has 4 saturated heterocycles. The Bertz CT molecular complexity index is 2730. The van der Waals surface area contributed by atoms with Gasteiger partial charge in [-0.1, -0.05) is 122 Å². The van der Waals surface area contributed by atoms with Crippen LogP contribution in [0.1, 0.15) is 30.4 Å². The maximum atomic E-state index is 5.01. The van der Waals surface area contributed by atoms with Crippen LogP contribution in [0, 0.1) is 0 Å². The summed E-state index contributed by atoms with van der Waals surface area (Å²) in [4.78, 5) is 23.7. The van der Waals surface area contributed by atoms with Crippen LogP contribution in [0.3, 0.4) is 0 Å². The van der Waals surface area contributed by atoms with Gasteiger partial charge in [0, 0.05) is 112 Å². The number of fused-ring (bicyclic) bond motifs is 6. The van der Waals surface area contributed by atoms with Gasteiger partial charge in [0.1, 0.15) is 0 Å². The summed E-state index contributed by atoms with van der Waals surface area (Å²) in [5.74, 6) is 0. The number of nitrogens with zero attached hydrogens (tertiary/aromatic N) is 5. The molecule has 6 aliphatic rings. The lowest BCUT2D eigenvalue weighted by Crippen LogP contribution is -2.39.